The van der Waals surface area contributed by atoms with E-state index < -0.39 is 6.10 Å². The Kier molecular flexibility index (Phi) is 61.8. The molecule has 0 fully saturated rings. The van der Waals surface area contributed by atoms with E-state index >= 15 is 0 Å². The maximum Gasteiger partial charge on any atom is 0.306 e. The lowest BCUT2D eigenvalue weighted by molar-refractivity contribution is -0.167. The summed E-state index contributed by atoms with van der Waals surface area (Å²) < 4.78 is 16.9. The van der Waals surface area contributed by atoms with E-state index in [4.69, 9.17) is 14.2 Å². The average molecular weight is 1070 g/mol. The van der Waals surface area contributed by atoms with Gasteiger partial charge >= 0.3 is 17.9 Å². The highest BCUT2D eigenvalue weighted by Crippen LogP contribution is 2.15. The number of esters is 3. The second kappa shape index (κ2) is 64.9. The predicted molar refractivity (Wildman–Crippen MR) is 334 cm³/mol. The van der Waals surface area contributed by atoms with Gasteiger partial charge in [-0.15, -0.1) is 0 Å². The highest BCUT2D eigenvalue weighted by Gasteiger charge is 2.19. The van der Waals surface area contributed by atoms with Gasteiger partial charge in [-0.1, -0.05) is 272 Å². The molecule has 0 rings (SSSR count). The topological polar surface area (TPSA) is 78.9 Å². The van der Waals surface area contributed by atoms with Crippen LogP contribution in [-0.2, 0) is 28.6 Å². The van der Waals surface area contributed by atoms with E-state index in [1.807, 2.05) is 0 Å². The Morgan fingerprint density at radius 1 is 0.260 bits per heavy atom. The average Bonchev–Trinajstić information content (AvgIpc) is 3.43. The molecule has 0 bridgehead atoms. The second-order valence-electron chi connectivity index (χ2n) is 21.7. The normalized spacial score (nSPS) is 12.7. The first-order chi connectivity index (χ1) is 38.0. The number of rotatable bonds is 59. The maximum absolute atomic E-state index is 12.9. The van der Waals surface area contributed by atoms with E-state index in [0.717, 1.165) is 128 Å². The molecule has 0 radical (unpaired) electrons. The molecule has 0 spiro atoms. The summed E-state index contributed by atoms with van der Waals surface area (Å²) in [4.78, 5) is 38.3. The van der Waals surface area contributed by atoms with Gasteiger partial charge in [0.1, 0.15) is 13.2 Å². The van der Waals surface area contributed by atoms with Crippen LogP contribution < -0.4 is 0 Å². The van der Waals surface area contributed by atoms with Crippen LogP contribution in [0.15, 0.2) is 97.2 Å². The summed E-state index contributed by atoms with van der Waals surface area (Å²) in [6.07, 6.45) is 86.9. The fraction of sp³-hybridized carbons (Fsp3) is 0.732. The van der Waals surface area contributed by atoms with Gasteiger partial charge in [-0.3, -0.25) is 14.4 Å². The fourth-order valence-electron chi connectivity index (χ4n) is 9.08. The zero-order valence-corrected chi connectivity index (χ0v) is 50.7. The third kappa shape index (κ3) is 63.0. The van der Waals surface area contributed by atoms with Crippen molar-refractivity contribution in [1.82, 2.24) is 0 Å². The Balaban J connectivity index is 4.37. The summed E-state index contributed by atoms with van der Waals surface area (Å²) in [6, 6.07) is 0. The van der Waals surface area contributed by atoms with Crippen molar-refractivity contribution in [3.05, 3.63) is 97.2 Å². The van der Waals surface area contributed by atoms with Gasteiger partial charge in [0.25, 0.3) is 0 Å². The first-order valence-corrected chi connectivity index (χ1v) is 32.7. The molecule has 0 aliphatic rings. The molecule has 1 atom stereocenters. The lowest BCUT2D eigenvalue weighted by atomic mass is 10.1. The van der Waals surface area contributed by atoms with Crippen LogP contribution in [0.2, 0.25) is 0 Å². The molecule has 0 saturated carbocycles. The van der Waals surface area contributed by atoms with Crippen molar-refractivity contribution in [3.63, 3.8) is 0 Å². The smallest absolute Gasteiger partial charge is 0.306 e. The van der Waals surface area contributed by atoms with Crippen molar-refractivity contribution in [1.29, 1.82) is 0 Å². The van der Waals surface area contributed by atoms with E-state index in [1.54, 1.807) is 0 Å². The number of carbonyl (C=O) groups is 3. The van der Waals surface area contributed by atoms with E-state index in [2.05, 4.69) is 118 Å². The molecule has 0 aliphatic heterocycles. The van der Waals surface area contributed by atoms with Gasteiger partial charge in [-0.05, 0) is 122 Å². The first kappa shape index (κ1) is 73.3. The third-order valence-corrected chi connectivity index (χ3v) is 14.0. The van der Waals surface area contributed by atoms with Gasteiger partial charge in [0.2, 0.25) is 0 Å². The molecule has 0 heterocycles. The molecule has 0 saturated heterocycles. The summed E-state index contributed by atoms with van der Waals surface area (Å²) in [7, 11) is 0. The van der Waals surface area contributed by atoms with Crippen LogP contribution in [0, 0.1) is 0 Å². The molecular formula is C71H122O6. The summed E-state index contributed by atoms with van der Waals surface area (Å²) in [5.74, 6) is -0.909. The van der Waals surface area contributed by atoms with E-state index in [9.17, 15) is 14.4 Å². The quantitative estimate of drug-likeness (QED) is 0.0261. The van der Waals surface area contributed by atoms with Gasteiger partial charge in [-0.2, -0.15) is 0 Å². The lowest BCUT2D eigenvalue weighted by Gasteiger charge is -2.18. The van der Waals surface area contributed by atoms with Crippen LogP contribution in [0.4, 0.5) is 0 Å². The number of hydrogen-bond acceptors (Lipinski definition) is 6. The van der Waals surface area contributed by atoms with Gasteiger partial charge in [-0.25, -0.2) is 0 Å². The largest absolute Gasteiger partial charge is 0.462 e. The molecule has 0 aromatic rings. The molecule has 1 unspecified atom stereocenters. The molecule has 0 aliphatic carbocycles. The van der Waals surface area contributed by atoms with Crippen molar-refractivity contribution in [2.75, 3.05) is 13.2 Å². The van der Waals surface area contributed by atoms with Crippen LogP contribution in [0.3, 0.4) is 0 Å². The van der Waals surface area contributed by atoms with Gasteiger partial charge in [0.15, 0.2) is 6.10 Å². The minimum Gasteiger partial charge on any atom is -0.462 e. The van der Waals surface area contributed by atoms with Crippen molar-refractivity contribution < 1.29 is 28.6 Å². The molecule has 0 N–H and O–H groups in total. The number of carbonyl (C=O) groups excluding carboxylic acids is 3. The molecular weight excluding hydrogens is 949 g/mol. The summed E-state index contributed by atoms with van der Waals surface area (Å²) in [6.45, 7) is 6.55. The highest BCUT2D eigenvalue weighted by molar-refractivity contribution is 5.71. The molecule has 77 heavy (non-hydrogen) atoms. The van der Waals surface area contributed by atoms with Gasteiger partial charge in [0, 0.05) is 19.3 Å². The predicted octanol–water partition coefficient (Wildman–Crippen LogP) is 22.4. The molecule has 0 amide bonds. The number of hydrogen-bond donors (Lipinski definition) is 0. The van der Waals surface area contributed by atoms with Crippen molar-refractivity contribution >= 4 is 17.9 Å². The van der Waals surface area contributed by atoms with E-state index in [-0.39, 0.29) is 31.1 Å². The Morgan fingerprint density at radius 2 is 0.494 bits per heavy atom. The fourth-order valence-corrected chi connectivity index (χ4v) is 9.08. The molecule has 442 valence electrons. The highest BCUT2D eigenvalue weighted by atomic mass is 16.6. The van der Waals surface area contributed by atoms with Gasteiger partial charge < -0.3 is 14.2 Å². The van der Waals surface area contributed by atoms with Crippen LogP contribution >= 0.6 is 0 Å². The standard InChI is InChI=1S/C71H122O6/c1-4-7-10-13-16-19-22-25-27-29-31-33-35-37-39-41-43-46-49-52-55-58-61-64-70(73)76-67-68(66-75-69(72)63-60-57-54-51-48-45-24-21-18-15-12-9-6-3)77-71(74)65-62-59-56-53-50-47-44-42-40-38-36-34-32-30-28-26-23-20-17-14-11-8-5-2/h12,15,21-26,29-32,35-38,68H,4-11,13-14,16-20,27-28,33-34,39-67H2,1-3H3/b15-12-,24-21-,25-22-,26-23-,31-29-,32-30-,37-35-,38-36-. The molecule has 6 heteroatoms. The van der Waals surface area contributed by atoms with Crippen LogP contribution in [-0.4, -0.2) is 37.2 Å². The van der Waals surface area contributed by atoms with Crippen LogP contribution in [0.25, 0.3) is 0 Å². The monoisotopic (exact) mass is 1070 g/mol. The van der Waals surface area contributed by atoms with Crippen LogP contribution in [0.1, 0.15) is 316 Å². The van der Waals surface area contributed by atoms with Crippen molar-refractivity contribution in [2.24, 2.45) is 0 Å². The minimum atomic E-state index is -0.793. The van der Waals surface area contributed by atoms with E-state index in [0.29, 0.717) is 19.3 Å². The summed E-state index contributed by atoms with van der Waals surface area (Å²) in [5.41, 5.74) is 0. The van der Waals surface area contributed by atoms with Crippen LogP contribution in [0.5, 0.6) is 0 Å². The zero-order valence-electron chi connectivity index (χ0n) is 50.7. The zero-order chi connectivity index (χ0) is 55.7. The molecule has 6 nitrogen and oxygen atoms in total. The van der Waals surface area contributed by atoms with E-state index in [1.165, 1.54) is 148 Å². The SMILES string of the molecule is CCC/C=C\C/C=C\CCCCCCCC(=O)OCC(COC(=O)CCCCCCCCCC/C=C\C/C=C\C/C=C\CCCCCCC)OC(=O)CCCCCCCCCC/C=C\C/C=C\C/C=C\CCCCCCC. The first-order valence-electron chi connectivity index (χ1n) is 32.7. The number of allylic oxidation sites excluding steroid dienone is 16. The maximum atomic E-state index is 12.9. The summed E-state index contributed by atoms with van der Waals surface area (Å²) >= 11 is 0. The Bertz CT molecular complexity index is 1510. The Morgan fingerprint density at radius 3 is 0.779 bits per heavy atom. The number of unbranched alkanes of at least 4 members (excludes halogenated alkanes) is 32. The number of ether oxygens (including phenoxy) is 3. The Hall–Kier alpha value is -3.67. The van der Waals surface area contributed by atoms with Gasteiger partial charge in [0.05, 0.1) is 0 Å². The van der Waals surface area contributed by atoms with Crippen molar-refractivity contribution in [2.45, 2.75) is 322 Å². The van der Waals surface area contributed by atoms with Crippen molar-refractivity contribution in [3.8, 4) is 0 Å². The summed E-state index contributed by atoms with van der Waals surface area (Å²) in [5, 5.41) is 0. The molecule has 0 aromatic carbocycles. The lowest BCUT2D eigenvalue weighted by Crippen LogP contribution is -2.30. The second-order valence-corrected chi connectivity index (χ2v) is 21.7. The third-order valence-electron chi connectivity index (χ3n) is 14.0. The minimum absolute atomic E-state index is 0.0891. The Labute approximate surface area is 477 Å². The molecule has 0 aromatic heterocycles.